The molecule has 0 aliphatic heterocycles. The Hall–Kier alpha value is -2.36. The zero-order chi connectivity index (χ0) is 17.1. The molecule has 0 atom stereocenters. The molecule has 0 saturated heterocycles. The van der Waals surface area contributed by atoms with Crippen LogP contribution < -0.4 is 10.6 Å². The summed E-state index contributed by atoms with van der Waals surface area (Å²) in [6.45, 7) is 7.03. The molecule has 0 aliphatic rings. The number of anilines is 1. The second-order valence-corrected chi connectivity index (χ2v) is 4.69. The van der Waals surface area contributed by atoms with Crippen molar-refractivity contribution in [3.8, 4) is 6.07 Å². The van der Waals surface area contributed by atoms with Gasteiger partial charge in [0.2, 0.25) is 0 Å². The van der Waals surface area contributed by atoms with Gasteiger partial charge in [-0.15, -0.1) is 0 Å². The van der Waals surface area contributed by atoms with E-state index in [0.29, 0.717) is 25.4 Å². The summed E-state index contributed by atoms with van der Waals surface area (Å²) in [6, 6.07) is 9.27. The average molecular weight is 317 g/mol. The Labute approximate surface area is 137 Å². The number of amides is 1. The molecule has 124 valence electrons. The first-order valence-corrected chi connectivity index (χ1v) is 7.56. The first-order chi connectivity index (χ1) is 11.1. The van der Waals surface area contributed by atoms with E-state index in [9.17, 15) is 4.79 Å². The van der Waals surface area contributed by atoms with Gasteiger partial charge in [-0.1, -0.05) is 18.2 Å². The van der Waals surface area contributed by atoms with Gasteiger partial charge in [0, 0.05) is 25.1 Å². The number of aryl methyl sites for hydroxylation is 1. The van der Waals surface area contributed by atoms with E-state index in [0.717, 1.165) is 5.56 Å². The summed E-state index contributed by atoms with van der Waals surface area (Å²) in [7, 11) is 0. The van der Waals surface area contributed by atoms with E-state index < -0.39 is 12.2 Å². The van der Waals surface area contributed by atoms with Crippen LogP contribution in [-0.4, -0.2) is 32.0 Å². The van der Waals surface area contributed by atoms with Crippen LogP contribution in [0, 0.1) is 18.3 Å². The Morgan fingerprint density at radius 3 is 2.52 bits per heavy atom. The van der Waals surface area contributed by atoms with Gasteiger partial charge < -0.3 is 20.1 Å². The van der Waals surface area contributed by atoms with Crippen LogP contribution in [0.25, 0.3) is 0 Å². The number of carbonyl (C=O) groups is 1. The van der Waals surface area contributed by atoms with Crippen LogP contribution in [0.4, 0.5) is 5.69 Å². The Kier molecular flexibility index (Phi) is 8.43. The van der Waals surface area contributed by atoms with Crippen LogP contribution >= 0.6 is 0 Å². The maximum absolute atomic E-state index is 12.1. The standard InChI is InChI=1S/C17H23N3O3/c1-4-22-16(23-5-2)12-19-11-14(10-18)17(21)20-15-9-7-6-8-13(15)3/h6-9,11,16,19H,4-5,12H2,1-3H3,(H,20,21)/b14-11-. The van der Waals surface area contributed by atoms with Crippen LogP contribution in [0.1, 0.15) is 19.4 Å². The number of hydrogen-bond donors (Lipinski definition) is 2. The molecule has 1 aromatic carbocycles. The number of carbonyl (C=O) groups excluding carboxylic acids is 1. The third-order valence-electron chi connectivity index (χ3n) is 2.99. The lowest BCUT2D eigenvalue weighted by atomic mass is 10.2. The number of nitriles is 1. The summed E-state index contributed by atoms with van der Waals surface area (Å²) in [6.07, 6.45) is 0.958. The number of hydrogen-bond acceptors (Lipinski definition) is 5. The molecule has 0 fully saturated rings. The molecule has 0 radical (unpaired) electrons. The lowest BCUT2D eigenvalue weighted by Crippen LogP contribution is -2.29. The highest BCUT2D eigenvalue weighted by Crippen LogP contribution is 2.13. The number of nitrogens with zero attached hydrogens (tertiary/aromatic N) is 1. The molecule has 0 heterocycles. The first-order valence-electron chi connectivity index (χ1n) is 7.56. The Balaban J connectivity index is 2.62. The quantitative estimate of drug-likeness (QED) is 0.415. The minimum absolute atomic E-state index is 0.0139. The molecule has 6 heteroatoms. The van der Waals surface area contributed by atoms with Gasteiger partial charge in [0.25, 0.3) is 5.91 Å². The second-order valence-electron chi connectivity index (χ2n) is 4.69. The lowest BCUT2D eigenvalue weighted by molar-refractivity contribution is -0.131. The summed E-state index contributed by atoms with van der Waals surface area (Å²) in [5, 5.41) is 14.7. The zero-order valence-electron chi connectivity index (χ0n) is 13.8. The molecule has 0 saturated carbocycles. The lowest BCUT2D eigenvalue weighted by Gasteiger charge is -2.16. The molecule has 0 unspecified atom stereocenters. The second kappa shape index (κ2) is 10.4. The summed E-state index contributed by atoms with van der Waals surface area (Å²) >= 11 is 0. The molecular weight excluding hydrogens is 294 g/mol. The van der Waals surface area contributed by atoms with Crippen LogP contribution in [0.3, 0.4) is 0 Å². The first kappa shape index (κ1) is 18.7. The van der Waals surface area contributed by atoms with Gasteiger partial charge in [-0.05, 0) is 32.4 Å². The van der Waals surface area contributed by atoms with Gasteiger partial charge in [0.1, 0.15) is 11.6 Å². The minimum atomic E-state index is -0.460. The number of rotatable bonds is 9. The molecule has 0 spiro atoms. The van der Waals surface area contributed by atoms with Crippen molar-refractivity contribution < 1.29 is 14.3 Å². The summed E-state index contributed by atoms with van der Waals surface area (Å²) in [4.78, 5) is 12.1. The van der Waals surface area contributed by atoms with Crippen molar-refractivity contribution in [2.24, 2.45) is 0 Å². The Morgan fingerprint density at radius 1 is 1.30 bits per heavy atom. The van der Waals surface area contributed by atoms with Crippen LogP contribution in [0.5, 0.6) is 0 Å². The summed E-state index contributed by atoms with van der Waals surface area (Å²) < 4.78 is 10.7. The fourth-order valence-electron chi connectivity index (χ4n) is 1.85. The van der Waals surface area contributed by atoms with Gasteiger partial charge in [0.05, 0.1) is 6.54 Å². The number of nitrogens with one attached hydrogen (secondary N) is 2. The van der Waals surface area contributed by atoms with E-state index in [1.807, 2.05) is 45.0 Å². The topological polar surface area (TPSA) is 83.4 Å². The highest BCUT2D eigenvalue weighted by molar-refractivity contribution is 6.06. The summed E-state index contributed by atoms with van der Waals surface area (Å²) in [5.74, 6) is -0.460. The van der Waals surface area contributed by atoms with Crippen molar-refractivity contribution >= 4 is 11.6 Å². The van der Waals surface area contributed by atoms with E-state index >= 15 is 0 Å². The molecule has 0 aliphatic carbocycles. The van der Waals surface area contributed by atoms with E-state index in [2.05, 4.69) is 10.6 Å². The molecule has 0 bridgehead atoms. The molecule has 6 nitrogen and oxygen atoms in total. The van der Waals surface area contributed by atoms with Crippen LogP contribution in [-0.2, 0) is 14.3 Å². The minimum Gasteiger partial charge on any atom is -0.385 e. The van der Waals surface area contributed by atoms with Crippen molar-refractivity contribution in [1.82, 2.24) is 5.32 Å². The van der Waals surface area contributed by atoms with Crippen molar-refractivity contribution in [2.45, 2.75) is 27.1 Å². The highest BCUT2D eigenvalue weighted by Gasteiger charge is 2.11. The SMILES string of the molecule is CCOC(CN/C=C(/C#N)C(=O)Nc1ccccc1C)OCC. The smallest absolute Gasteiger partial charge is 0.267 e. The van der Waals surface area contributed by atoms with E-state index in [1.54, 1.807) is 6.07 Å². The molecular formula is C17H23N3O3. The highest BCUT2D eigenvalue weighted by atomic mass is 16.7. The van der Waals surface area contributed by atoms with Gasteiger partial charge in [-0.3, -0.25) is 4.79 Å². The molecule has 1 rings (SSSR count). The van der Waals surface area contributed by atoms with Crippen molar-refractivity contribution in [2.75, 3.05) is 25.1 Å². The van der Waals surface area contributed by atoms with Crippen LogP contribution in [0.2, 0.25) is 0 Å². The Morgan fingerprint density at radius 2 is 1.96 bits per heavy atom. The number of para-hydroxylation sites is 1. The maximum Gasteiger partial charge on any atom is 0.267 e. The fraction of sp³-hybridized carbons (Fsp3) is 0.412. The zero-order valence-corrected chi connectivity index (χ0v) is 13.8. The third-order valence-corrected chi connectivity index (χ3v) is 2.99. The van der Waals surface area contributed by atoms with E-state index in [1.165, 1.54) is 6.20 Å². The maximum atomic E-state index is 12.1. The molecule has 1 aromatic rings. The van der Waals surface area contributed by atoms with Crippen molar-refractivity contribution in [3.63, 3.8) is 0 Å². The predicted octanol–water partition coefficient (Wildman–Crippen LogP) is 2.33. The van der Waals surface area contributed by atoms with Gasteiger partial charge in [-0.25, -0.2) is 0 Å². The third kappa shape index (κ3) is 6.51. The fourth-order valence-corrected chi connectivity index (χ4v) is 1.85. The predicted molar refractivity (Wildman–Crippen MR) is 88.5 cm³/mol. The monoisotopic (exact) mass is 317 g/mol. The molecule has 1 amide bonds. The van der Waals surface area contributed by atoms with Crippen molar-refractivity contribution in [3.05, 3.63) is 41.6 Å². The van der Waals surface area contributed by atoms with E-state index in [-0.39, 0.29) is 5.57 Å². The van der Waals surface area contributed by atoms with Gasteiger partial charge in [0.15, 0.2) is 6.29 Å². The van der Waals surface area contributed by atoms with Crippen molar-refractivity contribution in [1.29, 1.82) is 5.26 Å². The average Bonchev–Trinajstić information content (AvgIpc) is 2.54. The van der Waals surface area contributed by atoms with Gasteiger partial charge >= 0.3 is 0 Å². The number of benzene rings is 1. The van der Waals surface area contributed by atoms with E-state index in [4.69, 9.17) is 14.7 Å². The summed E-state index contributed by atoms with van der Waals surface area (Å²) in [5.41, 5.74) is 1.60. The van der Waals surface area contributed by atoms with Crippen LogP contribution in [0.15, 0.2) is 36.0 Å². The Bertz CT molecular complexity index is 573. The number of ether oxygens (including phenoxy) is 2. The van der Waals surface area contributed by atoms with Gasteiger partial charge in [-0.2, -0.15) is 5.26 Å². The normalized spacial score (nSPS) is 11.2. The largest absolute Gasteiger partial charge is 0.385 e. The molecule has 23 heavy (non-hydrogen) atoms. The molecule has 0 aromatic heterocycles. The molecule has 2 N–H and O–H groups in total.